The van der Waals surface area contributed by atoms with E-state index in [9.17, 15) is 14.7 Å². The maximum absolute atomic E-state index is 12.6. The van der Waals surface area contributed by atoms with Crippen LogP contribution in [0.4, 0.5) is 0 Å². The molecule has 1 aromatic heterocycles. The zero-order valence-electron chi connectivity index (χ0n) is 12.9. The van der Waals surface area contributed by atoms with E-state index >= 15 is 0 Å². The van der Waals surface area contributed by atoms with Crippen molar-refractivity contribution in [2.24, 2.45) is 10.4 Å². The van der Waals surface area contributed by atoms with Gasteiger partial charge < -0.3 is 5.11 Å². The Morgan fingerprint density at radius 3 is 2.75 bits per heavy atom. The molecular weight excluding hydrogens is 308 g/mol. The summed E-state index contributed by atoms with van der Waals surface area (Å²) in [5.41, 5.74) is 0.147. The number of nitrogens with zero attached hydrogens (tertiary/aromatic N) is 3. The van der Waals surface area contributed by atoms with E-state index in [0.717, 1.165) is 0 Å². The van der Waals surface area contributed by atoms with Crippen molar-refractivity contribution in [3.05, 3.63) is 52.5 Å². The number of carboxylic acids is 1. The first-order valence-corrected chi connectivity index (χ1v) is 7.25. The van der Waals surface area contributed by atoms with Gasteiger partial charge in [-0.25, -0.2) is 9.67 Å². The molecule has 0 bridgehead atoms. The number of benzene rings is 1. The van der Waals surface area contributed by atoms with Gasteiger partial charge in [-0.3, -0.25) is 14.7 Å². The van der Waals surface area contributed by atoms with Gasteiger partial charge in [-0.15, -0.1) is 0 Å². The molecule has 7 nitrogen and oxygen atoms in total. The number of H-pyrrole nitrogens is 1. The third-order valence-corrected chi connectivity index (χ3v) is 4.00. The van der Waals surface area contributed by atoms with Crippen LogP contribution in [-0.2, 0) is 4.79 Å². The molecule has 1 aliphatic heterocycles. The predicted octanol–water partition coefficient (Wildman–Crippen LogP) is 2.08. The van der Waals surface area contributed by atoms with Crippen LogP contribution in [-0.4, -0.2) is 27.1 Å². The molecule has 3 rings (SSSR count). The highest BCUT2D eigenvalue weighted by Gasteiger charge is 2.33. The topological polar surface area (TPSA) is 111 Å². The van der Waals surface area contributed by atoms with E-state index in [2.05, 4.69) is 10.1 Å². The highest BCUT2D eigenvalue weighted by molar-refractivity contribution is 5.85. The lowest BCUT2D eigenvalue weighted by Gasteiger charge is -2.22. The van der Waals surface area contributed by atoms with Gasteiger partial charge in [-0.2, -0.15) is 5.26 Å². The Bertz CT molecular complexity index is 957. The second kappa shape index (κ2) is 5.66. The summed E-state index contributed by atoms with van der Waals surface area (Å²) in [5.74, 6) is -0.728. The monoisotopic (exact) mass is 322 g/mol. The first kappa shape index (κ1) is 15.5. The number of aliphatic carboxylic acids is 1. The van der Waals surface area contributed by atoms with Crippen LogP contribution in [0.5, 0.6) is 0 Å². The summed E-state index contributed by atoms with van der Waals surface area (Å²) < 4.78 is 1.21. The third kappa shape index (κ3) is 2.54. The molecule has 24 heavy (non-hydrogen) atoms. The molecule has 120 valence electrons. The standard InChI is InChI=1S/C17H14N4O3/c1-17(16(23)24)6-7-19-14(8-17)21-15(22)13(10-20-21)12-4-2-11(9-18)3-5-12/h2-5,7-8,10,20H,6H2,1H3,(H,23,24). The number of nitriles is 1. The molecule has 0 aliphatic carbocycles. The maximum atomic E-state index is 12.6. The van der Waals surface area contributed by atoms with E-state index in [-0.39, 0.29) is 17.8 Å². The number of carbonyl (C=O) groups is 1. The van der Waals surface area contributed by atoms with Gasteiger partial charge in [0.05, 0.1) is 22.6 Å². The fourth-order valence-electron chi connectivity index (χ4n) is 2.45. The lowest BCUT2D eigenvalue weighted by atomic mass is 9.86. The molecule has 0 spiro atoms. The highest BCUT2D eigenvalue weighted by atomic mass is 16.4. The van der Waals surface area contributed by atoms with Crippen molar-refractivity contribution < 1.29 is 9.90 Å². The van der Waals surface area contributed by atoms with Crippen LogP contribution in [0.2, 0.25) is 0 Å². The minimum Gasteiger partial charge on any atom is -0.481 e. The molecule has 1 unspecified atom stereocenters. The third-order valence-electron chi connectivity index (χ3n) is 4.00. The van der Waals surface area contributed by atoms with Gasteiger partial charge >= 0.3 is 5.97 Å². The quantitative estimate of drug-likeness (QED) is 0.901. The van der Waals surface area contributed by atoms with Crippen LogP contribution >= 0.6 is 0 Å². The van der Waals surface area contributed by atoms with Crippen LogP contribution in [0, 0.1) is 16.7 Å². The minimum atomic E-state index is -1.10. The first-order valence-electron chi connectivity index (χ1n) is 7.25. The van der Waals surface area contributed by atoms with Crippen molar-refractivity contribution in [2.75, 3.05) is 0 Å². The Kier molecular flexibility index (Phi) is 3.66. The van der Waals surface area contributed by atoms with E-state index in [1.807, 2.05) is 6.07 Å². The number of aromatic amines is 1. The first-order chi connectivity index (χ1) is 11.4. The molecule has 1 aromatic carbocycles. The molecule has 0 fully saturated rings. The second-order valence-corrected chi connectivity index (χ2v) is 5.76. The summed E-state index contributed by atoms with van der Waals surface area (Å²) in [6.45, 7) is 1.58. The van der Waals surface area contributed by atoms with Crippen molar-refractivity contribution in [3.8, 4) is 17.2 Å². The summed E-state index contributed by atoms with van der Waals surface area (Å²) in [4.78, 5) is 28.1. The Hall–Kier alpha value is -3.40. The van der Waals surface area contributed by atoms with Gasteiger partial charge in [0.25, 0.3) is 5.56 Å². The number of aliphatic imine (C=N–C) groups is 1. The zero-order chi connectivity index (χ0) is 17.3. The van der Waals surface area contributed by atoms with E-state index in [0.29, 0.717) is 16.7 Å². The van der Waals surface area contributed by atoms with Gasteiger partial charge in [0, 0.05) is 18.8 Å². The van der Waals surface area contributed by atoms with Crippen molar-refractivity contribution in [1.29, 1.82) is 5.26 Å². The Labute approximate surface area is 137 Å². The fourth-order valence-corrected chi connectivity index (χ4v) is 2.45. The van der Waals surface area contributed by atoms with Gasteiger partial charge in [0.15, 0.2) is 5.82 Å². The van der Waals surface area contributed by atoms with E-state index < -0.39 is 11.4 Å². The second-order valence-electron chi connectivity index (χ2n) is 5.76. The lowest BCUT2D eigenvalue weighted by molar-refractivity contribution is -0.144. The van der Waals surface area contributed by atoms with Crippen LogP contribution < -0.4 is 5.56 Å². The smallest absolute Gasteiger partial charge is 0.313 e. The van der Waals surface area contributed by atoms with Crippen molar-refractivity contribution in [1.82, 2.24) is 9.78 Å². The van der Waals surface area contributed by atoms with Gasteiger partial charge in [-0.05, 0) is 30.7 Å². The van der Waals surface area contributed by atoms with Crippen LogP contribution in [0.15, 0.2) is 46.3 Å². The molecule has 0 saturated heterocycles. The summed E-state index contributed by atoms with van der Waals surface area (Å²) in [6.07, 6.45) is 4.77. The van der Waals surface area contributed by atoms with Crippen molar-refractivity contribution in [2.45, 2.75) is 13.3 Å². The molecule has 2 N–H and O–H groups in total. The Morgan fingerprint density at radius 1 is 1.42 bits per heavy atom. The molecule has 2 heterocycles. The average Bonchev–Trinajstić information content (AvgIpc) is 2.96. The molecule has 1 atom stereocenters. The highest BCUT2D eigenvalue weighted by Crippen LogP contribution is 2.29. The molecular formula is C17H14N4O3. The minimum absolute atomic E-state index is 0.246. The zero-order valence-corrected chi connectivity index (χ0v) is 12.9. The SMILES string of the molecule is CC1(C(=O)O)C=C(n2[nH]cc(-c3ccc(C#N)cc3)c2=O)N=CC1. The fraction of sp³-hybridized carbons (Fsp3) is 0.176. The maximum Gasteiger partial charge on any atom is 0.313 e. The number of carboxylic acid groups (broad SMARTS) is 1. The van der Waals surface area contributed by atoms with Crippen LogP contribution in [0.25, 0.3) is 16.9 Å². The molecule has 2 aromatic rings. The number of nitrogens with one attached hydrogen (secondary N) is 1. The van der Waals surface area contributed by atoms with Crippen molar-refractivity contribution >= 4 is 18.0 Å². The van der Waals surface area contributed by atoms with Gasteiger partial charge in [0.2, 0.25) is 0 Å². The molecule has 7 heteroatoms. The Morgan fingerprint density at radius 2 is 2.12 bits per heavy atom. The molecule has 0 amide bonds. The Balaban J connectivity index is 2.03. The summed E-state index contributed by atoms with van der Waals surface area (Å²) in [7, 11) is 0. The normalized spacial score (nSPS) is 19.6. The number of aromatic nitrogens is 2. The van der Waals surface area contributed by atoms with Crippen LogP contribution in [0.3, 0.4) is 0 Å². The number of rotatable bonds is 3. The van der Waals surface area contributed by atoms with E-state index in [1.165, 1.54) is 23.2 Å². The average molecular weight is 322 g/mol. The largest absolute Gasteiger partial charge is 0.481 e. The number of hydrogen-bond acceptors (Lipinski definition) is 4. The predicted molar refractivity (Wildman–Crippen MR) is 88.3 cm³/mol. The summed E-state index contributed by atoms with van der Waals surface area (Å²) in [5, 5.41) is 21.0. The lowest BCUT2D eigenvalue weighted by Crippen LogP contribution is -2.29. The van der Waals surface area contributed by atoms with Crippen molar-refractivity contribution in [3.63, 3.8) is 0 Å². The molecule has 0 saturated carbocycles. The van der Waals surface area contributed by atoms with Gasteiger partial charge in [-0.1, -0.05) is 12.1 Å². The van der Waals surface area contributed by atoms with E-state index in [4.69, 9.17) is 5.26 Å². The van der Waals surface area contributed by atoms with Crippen LogP contribution in [0.1, 0.15) is 18.9 Å². The summed E-state index contributed by atoms with van der Waals surface area (Å²) in [6, 6.07) is 8.66. The number of hydrogen-bond donors (Lipinski definition) is 2. The molecule has 1 aliphatic rings. The van der Waals surface area contributed by atoms with E-state index in [1.54, 1.807) is 31.2 Å². The summed E-state index contributed by atoms with van der Waals surface area (Å²) >= 11 is 0. The van der Waals surface area contributed by atoms with Gasteiger partial charge in [0.1, 0.15) is 0 Å². The molecule has 0 radical (unpaired) electrons.